The molecule has 0 aromatic heterocycles. The molecule has 5 heteroatoms. The lowest BCUT2D eigenvalue weighted by atomic mass is 9.86. The van der Waals surface area contributed by atoms with Gasteiger partial charge in [0, 0.05) is 13.1 Å². The molecule has 1 saturated heterocycles. The summed E-state index contributed by atoms with van der Waals surface area (Å²) >= 11 is 0. The van der Waals surface area contributed by atoms with Crippen LogP contribution >= 0.6 is 0 Å². The van der Waals surface area contributed by atoms with E-state index < -0.39 is 10.2 Å². The highest BCUT2D eigenvalue weighted by molar-refractivity contribution is 7.90. The fourth-order valence-corrected chi connectivity index (χ4v) is 3.54. The molecule has 0 radical (unpaired) electrons. The third-order valence-corrected chi connectivity index (χ3v) is 4.62. The van der Waals surface area contributed by atoms with E-state index in [0.29, 0.717) is 13.1 Å². The summed E-state index contributed by atoms with van der Waals surface area (Å²) in [6.07, 6.45) is 0.831. The Balaban J connectivity index is 2.51. The first-order chi connectivity index (χ1) is 8.32. The second kappa shape index (κ2) is 4.55. The second-order valence-corrected chi connectivity index (χ2v) is 7.27. The first kappa shape index (κ1) is 13.4. The molecule has 0 bridgehead atoms. The van der Waals surface area contributed by atoms with E-state index in [1.165, 1.54) is 4.31 Å². The summed E-state index contributed by atoms with van der Waals surface area (Å²) in [7, 11) is -3.38. The van der Waals surface area contributed by atoms with Crippen molar-refractivity contribution in [3.8, 4) is 0 Å². The van der Waals surface area contributed by atoms with Crippen LogP contribution in [0.2, 0.25) is 0 Å². The first-order valence-electron chi connectivity index (χ1n) is 6.19. The van der Waals surface area contributed by atoms with Gasteiger partial charge in [0.15, 0.2) is 0 Å². The van der Waals surface area contributed by atoms with E-state index in [1.54, 1.807) is 0 Å². The molecule has 1 aromatic carbocycles. The van der Waals surface area contributed by atoms with Crippen molar-refractivity contribution in [3.63, 3.8) is 0 Å². The van der Waals surface area contributed by atoms with Gasteiger partial charge in [0.1, 0.15) is 0 Å². The van der Waals surface area contributed by atoms with Gasteiger partial charge in [0.25, 0.3) is 0 Å². The maximum absolute atomic E-state index is 12.1. The standard InChI is InChI=1S/C13H20N2O2S/c1-13(2,3)11-7-4-5-8-12(11)15-10-6-9-14-18(15,16)17/h4-5,7-8,14H,6,9-10H2,1-3H3. The first-order valence-corrected chi connectivity index (χ1v) is 7.63. The van der Waals surface area contributed by atoms with Crippen molar-refractivity contribution in [2.75, 3.05) is 17.4 Å². The molecule has 18 heavy (non-hydrogen) atoms. The lowest BCUT2D eigenvalue weighted by Crippen LogP contribution is -2.47. The molecule has 0 amide bonds. The van der Waals surface area contributed by atoms with Crippen molar-refractivity contribution in [1.29, 1.82) is 0 Å². The van der Waals surface area contributed by atoms with Crippen LogP contribution in [-0.2, 0) is 15.6 Å². The van der Waals surface area contributed by atoms with E-state index in [4.69, 9.17) is 0 Å². The molecule has 1 heterocycles. The number of anilines is 1. The molecule has 1 aliphatic heterocycles. The predicted octanol–water partition coefficient (Wildman–Crippen LogP) is 2.03. The van der Waals surface area contributed by atoms with Crippen molar-refractivity contribution < 1.29 is 8.42 Å². The highest BCUT2D eigenvalue weighted by Crippen LogP contribution is 2.33. The molecule has 100 valence electrons. The van der Waals surface area contributed by atoms with E-state index in [2.05, 4.69) is 25.5 Å². The van der Waals surface area contributed by atoms with Crippen LogP contribution in [0.25, 0.3) is 0 Å². The molecule has 1 N–H and O–H groups in total. The minimum atomic E-state index is -3.38. The molecular formula is C13H20N2O2S. The Morgan fingerprint density at radius 1 is 1.22 bits per heavy atom. The van der Waals surface area contributed by atoms with E-state index in [0.717, 1.165) is 17.7 Å². The molecule has 1 aliphatic rings. The molecule has 0 spiro atoms. The van der Waals surface area contributed by atoms with E-state index in [-0.39, 0.29) is 5.41 Å². The Morgan fingerprint density at radius 3 is 2.50 bits per heavy atom. The van der Waals surface area contributed by atoms with Gasteiger partial charge in [-0.15, -0.1) is 0 Å². The molecular weight excluding hydrogens is 248 g/mol. The molecule has 1 fully saturated rings. The van der Waals surface area contributed by atoms with Gasteiger partial charge in [-0.05, 0) is 23.5 Å². The largest absolute Gasteiger partial charge is 0.301 e. The van der Waals surface area contributed by atoms with Gasteiger partial charge in [0.2, 0.25) is 0 Å². The quantitative estimate of drug-likeness (QED) is 0.847. The monoisotopic (exact) mass is 268 g/mol. The minimum absolute atomic E-state index is 0.0798. The molecule has 0 aliphatic carbocycles. The lowest BCUT2D eigenvalue weighted by Gasteiger charge is -2.33. The highest BCUT2D eigenvalue weighted by Gasteiger charge is 2.29. The normalized spacial score (nSPS) is 19.8. The molecule has 1 aromatic rings. The van der Waals surface area contributed by atoms with Gasteiger partial charge in [0.05, 0.1) is 5.69 Å². The predicted molar refractivity (Wildman–Crippen MR) is 74.0 cm³/mol. The zero-order chi connectivity index (χ0) is 13.4. The fourth-order valence-electron chi connectivity index (χ4n) is 2.20. The third kappa shape index (κ3) is 2.52. The number of nitrogens with one attached hydrogen (secondary N) is 1. The molecule has 2 rings (SSSR count). The molecule has 4 nitrogen and oxygen atoms in total. The summed E-state index contributed by atoms with van der Waals surface area (Å²) in [5.74, 6) is 0. The van der Waals surface area contributed by atoms with Gasteiger partial charge >= 0.3 is 10.2 Å². The number of nitrogens with zero attached hydrogens (tertiary/aromatic N) is 1. The maximum Gasteiger partial charge on any atom is 0.301 e. The van der Waals surface area contributed by atoms with Crippen LogP contribution in [0.3, 0.4) is 0 Å². The second-order valence-electron chi connectivity index (χ2n) is 5.59. The summed E-state index contributed by atoms with van der Waals surface area (Å²) in [5, 5.41) is 0. The van der Waals surface area contributed by atoms with Crippen LogP contribution in [0.15, 0.2) is 24.3 Å². The summed E-state index contributed by atoms with van der Waals surface area (Å²) in [6.45, 7) is 7.35. The summed E-state index contributed by atoms with van der Waals surface area (Å²) in [4.78, 5) is 0. The van der Waals surface area contributed by atoms with Crippen LogP contribution < -0.4 is 9.03 Å². The van der Waals surface area contributed by atoms with Crippen molar-refractivity contribution in [2.24, 2.45) is 0 Å². The van der Waals surface area contributed by atoms with E-state index >= 15 is 0 Å². The summed E-state index contributed by atoms with van der Waals surface area (Å²) < 4.78 is 28.2. The van der Waals surface area contributed by atoms with Crippen LogP contribution in [0, 0.1) is 0 Å². The fraction of sp³-hybridized carbons (Fsp3) is 0.538. The average molecular weight is 268 g/mol. The lowest BCUT2D eigenvalue weighted by molar-refractivity contribution is 0.555. The summed E-state index contributed by atoms with van der Waals surface area (Å²) in [5.41, 5.74) is 1.76. The van der Waals surface area contributed by atoms with Gasteiger partial charge in [-0.1, -0.05) is 39.0 Å². The smallest absolute Gasteiger partial charge is 0.257 e. The zero-order valence-corrected chi connectivity index (χ0v) is 11.9. The van der Waals surface area contributed by atoms with Crippen LogP contribution in [0.5, 0.6) is 0 Å². The third-order valence-electron chi connectivity index (χ3n) is 3.09. The van der Waals surface area contributed by atoms with E-state index in [9.17, 15) is 8.42 Å². The molecule has 0 saturated carbocycles. The Morgan fingerprint density at radius 2 is 1.89 bits per heavy atom. The Labute approximate surface area is 109 Å². The van der Waals surface area contributed by atoms with Crippen molar-refractivity contribution in [3.05, 3.63) is 29.8 Å². The van der Waals surface area contributed by atoms with Gasteiger partial charge in [-0.25, -0.2) is 0 Å². The Bertz CT molecular complexity index is 532. The zero-order valence-electron chi connectivity index (χ0n) is 11.1. The number of para-hydroxylation sites is 1. The number of rotatable bonds is 1. The SMILES string of the molecule is CC(C)(C)c1ccccc1N1CCCNS1(=O)=O. The summed E-state index contributed by atoms with van der Waals surface area (Å²) in [6, 6.07) is 7.72. The molecule has 0 unspecified atom stereocenters. The van der Waals surface area contributed by atoms with Crippen LogP contribution in [0.1, 0.15) is 32.8 Å². The highest BCUT2D eigenvalue weighted by atomic mass is 32.2. The van der Waals surface area contributed by atoms with Crippen molar-refractivity contribution in [2.45, 2.75) is 32.6 Å². The number of benzene rings is 1. The van der Waals surface area contributed by atoms with Gasteiger partial charge in [-0.3, -0.25) is 4.31 Å². The average Bonchev–Trinajstić information content (AvgIpc) is 2.27. The van der Waals surface area contributed by atoms with Crippen LogP contribution in [0.4, 0.5) is 5.69 Å². The van der Waals surface area contributed by atoms with Crippen molar-refractivity contribution >= 4 is 15.9 Å². The Hall–Kier alpha value is -1.07. The van der Waals surface area contributed by atoms with Gasteiger partial charge in [-0.2, -0.15) is 13.1 Å². The molecule has 0 atom stereocenters. The number of hydrogen-bond donors (Lipinski definition) is 1. The maximum atomic E-state index is 12.1. The van der Waals surface area contributed by atoms with Gasteiger partial charge < -0.3 is 0 Å². The Kier molecular flexibility index (Phi) is 3.38. The number of hydrogen-bond acceptors (Lipinski definition) is 2. The van der Waals surface area contributed by atoms with Crippen molar-refractivity contribution in [1.82, 2.24) is 4.72 Å². The minimum Gasteiger partial charge on any atom is -0.257 e. The van der Waals surface area contributed by atoms with E-state index in [1.807, 2.05) is 24.3 Å². The topological polar surface area (TPSA) is 49.4 Å². The van der Waals surface area contributed by atoms with Crippen LogP contribution in [-0.4, -0.2) is 21.5 Å².